The normalized spacial score (nSPS) is 11.6. The molecule has 0 aromatic heterocycles. The summed E-state index contributed by atoms with van der Waals surface area (Å²) in [5.74, 6) is -0.339. The molecule has 106 valence electrons. The van der Waals surface area contributed by atoms with Crippen LogP contribution in [-0.4, -0.2) is 38.8 Å². The molecule has 3 N–H and O–H groups in total. The van der Waals surface area contributed by atoms with Crippen molar-refractivity contribution in [3.8, 4) is 0 Å². The zero-order valence-electron chi connectivity index (χ0n) is 11.3. The quantitative estimate of drug-likeness (QED) is 0.763. The molecule has 0 saturated carbocycles. The topological polar surface area (TPSA) is 92.5 Å². The Balaban J connectivity index is 2.99. The lowest BCUT2D eigenvalue weighted by atomic mass is 10.2. The molecule has 6 nitrogen and oxygen atoms in total. The number of carbonyl (C=O) groups excluding carboxylic acids is 1. The Kier molecular flexibility index (Phi) is 4.90. The smallest absolute Gasteiger partial charge is 0.243 e. The number of carbonyl (C=O) groups is 1. The second-order valence-corrected chi connectivity index (χ2v) is 6.34. The summed E-state index contributed by atoms with van der Waals surface area (Å²) in [6.45, 7) is 3.78. The van der Waals surface area contributed by atoms with Gasteiger partial charge in [-0.2, -0.15) is 4.31 Å². The fourth-order valence-electron chi connectivity index (χ4n) is 1.65. The molecule has 0 spiro atoms. The number of benzene rings is 1. The summed E-state index contributed by atoms with van der Waals surface area (Å²) in [7, 11) is -2.34. The van der Waals surface area contributed by atoms with Crippen molar-refractivity contribution in [3.63, 3.8) is 0 Å². The Bertz CT molecular complexity index is 549. The van der Waals surface area contributed by atoms with Crippen LogP contribution >= 0.6 is 0 Å². The third-order valence-corrected chi connectivity index (χ3v) is 4.30. The summed E-state index contributed by atoms with van der Waals surface area (Å²) in [5.41, 5.74) is 6.78. The van der Waals surface area contributed by atoms with Crippen LogP contribution < -0.4 is 11.1 Å². The van der Waals surface area contributed by atoms with Crippen molar-refractivity contribution >= 4 is 21.6 Å². The number of nitrogens with zero attached hydrogens (tertiary/aromatic N) is 1. The lowest BCUT2D eigenvalue weighted by molar-refractivity contribution is -0.121. The molecular weight excluding hydrogens is 266 g/mol. The van der Waals surface area contributed by atoms with Gasteiger partial charge in [0.25, 0.3) is 0 Å². The van der Waals surface area contributed by atoms with E-state index in [0.29, 0.717) is 12.2 Å². The highest BCUT2D eigenvalue weighted by atomic mass is 32.2. The largest absolute Gasteiger partial charge is 0.399 e. The van der Waals surface area contributed by atoms with Crippen LogP contribution in [0, 0.1) is 6.92 Å². The van der Waals surface area contributed by atoms with E-state index in [2.05, 4.69) is 5.32 Å². The van der Waals surface area contributed by atoms with Crippen LogP contribution in [0.5, 0.6) is 0 Å². The first-order valence-corrected chi connectivity index (χ1v) is 7.31. The molecule has 0 saturated heterocycles. The van der Waals surface area contributed by atoms with Crippen LogP contribution in [0.1, 0.15) is 12.5 Å². The number of anilines is 1. The van der Waals surface area contributed by atoms with Crippen LogP contribution in [0.4, 0.5) is 5.69 Å². The summed E-state index contributed by atoms with van der Waals surface area (Å²) >= 11 is 0. The number of likely N-dealkylation sites (N-methyl/N-ethyl adjacent to an activating group) is 2. The lowest BCUT2D eigenvalue weighted by Crippen LogP contribution is -2.38. The molecule has 1 rings (SSSR count). The summed E-state index contributed by atoms with van der Waals surface area (Å²) in [6.07, 6.45) is 0. The van der Waals surface area contributed by atoms with Gasteiger partial charge in [-0.15, -0.1) is 0 Å². The standard InChI is InChI=1S/C12H19N3O3S/c1-4-14-12(16)8-15(3)19(17,18)11-6-9(2)5-10(13)7-11/h5-7H,4,8,13H2,1-3H3,(H,14,16). The highest BCUT2D eigenvalue weighted by Gasteiger charge is 2.23. The van der Waals surface area contributed by atoms with Gasteiger partial charge in [0.15, 0.2) is 0 Å². The van der Waals surface area contributed by atoms with Crippen LogP contribution in [0.25, 0.3) is 0 Å². The first kappa shape index (κ1) is 15.5. The van der Waals surface area contributed by atoms with Crippen molar-refractivity contribution in [2.45, 2.75) is 18.7 Å². The van der Waals surface area contributed by atoms with E-state index in [-0.39, 0.29) is 17.3 Å². The average Bonchev–Trinajstić information content (AvgIpc) is 2.27. The van der Waals surface area contributed by atoms with Crippen molar-refractivity contribution < 1.29 is 13.2 Å². The molecule has 0 atom stereocenters. The third-order valence-electron chi connectivity index (χ3n) is 2.52. The van der Waals surface area contributed by atoms with Gasteiger partial charge in [-0.05, 0) is 37.6 Å². The molecule has 0 unspecified atom stereocenters. The zero-order chi connectivity index (χ0) is 14.6. The van der Waals surface area contributed by atoms with Gasteiger partial charge in [-0.3, -0.25) is 4.79 Å². The first-order chi connectivity index (χ1) is 8.77. The number of hydrogen-bond donors (Lipinski definition) is 2. The molecule has 0 aliphatic rings. The van der Waals surface area contributed by atoms with Crippen LogP contribution in [0.2, 0.25) is 0 Å². The van der Waals surface area contributed by atoms with Crippen molar-refractivity contribution in [3.05, 3.63) is 23.8 Å². The van der Waals surface area contributed by atoms with Crippen LogP contribution in [0.15, 0.2) is 23.1 Å². The fourth-order valence-corrected chi connectivity index (χ4v) is 2.91. The number of sulfonamides is 1. The highest BCUT2D eigenvalue weighted by Crippen LogP contribution is 2.19. The van der Waals surface area contributed by atoms with Gasteiger partial charge in [0.05, 0.1) is 11.4 Å². The summed E-state index contributed by atoms with van der Waals surface area (Å²) in [6, 6.07) is 4.60. The minimum atomic E-state index is -3.70. The molecule has 0 radical (unpaired) electrons. The van der Waals surface area contributed by atoms with E-state index in [4.69, 9.17) is 5.73 Å². The van der Waals surface area contributed by atoms with Crippen molar-refractivity contribution in [1.82, 2.24) is 9.62 Å². The van der Waals surface area contributed by atoms with Crippen molar-refractivity contribution in [1.29, 1.82) is 0 Å². The number of nitrogen functional groups attached to an aromatic ring is 1. The Morgan fingerprint density at radius 1 is 1.37 bits per heavy atom. The third kappa shape index (κ3) is 3.93. The van der Waals surface area contributed by atoms with Gasteiger partial charge in [0.1, 0.15) is 0 Å². The van der Waals surface area contributed by atoms with E-state index in [0.717, 1.165) is 9.87 Å². The maximum atomic E-state index is 12.3. The minimum Gasteiger partial charge on any atom is -0.399 e. The summed E-state index contributed by atoms with van der Waals surface area (Å²) < 4.78 is 25.5. The molecule has 0 heterocycles. The molecule has 1 amide bonds. The van der Waals surface area contributed by atoms with Gasteiger partial charge < -0.3 is 11.1 Å². The van der Waals surface area contributed by atoms with E-state index >= 15 is 0 Å². The second kappa shape index (κ2) is 6.03. The predicted molar refractivity (Wildman–Crippen MR) is 74.1 cm³/mol. The van der Waals surface area contributed by atoms with Gasteiger partial charge in [-0.1, -0.05) is 0 Å². The zero-order valence-corrected chi connectivity index (χ0v) is 12.1. The number of aryl methyl sites for hydroxylation is 1. The Morgan fingerprint density at radius 2 is 2.00 bits per heavy atom. The molecule has 1 aromatic carbocycles. The summed E-state index contributed by atoms with van der Waals surface area (Å²) in [4.78, 5) is 11.5. The van der Waals surface area contributed by atoms with E-state index in [1.54, 1.807) is 19.9 Å². The molecule has 7 heteroatoms. The molecule has 0 fully saturated rings. The maximum Gasteiger partial charge on any atom is 0.243 e. The predicted octanol–water partition coefficient (Wildman–Crippen LogP) is 0.334. The number of hydrogen-bond acceptors (Lipinski definition) is 4. The Morgan fingerprint density at radius 3 is 2.53 bits per heavy atom. The van der Waals surface area contributed by atoms with Gasteiger partial charge >= 0.3 is 0 Å². The molecule has 19 heavy (non-hydrogen) atoms. The minimum absolute atomic E-state index is 0.0943. The maximum absolute atomic E-state index is 12.3. The number of nitrogens with two attached hydrogens (primary N) is 1. The molecular formula is C12H19N3O3S. The van der Waals surface area contributed by atoms with Gasteiger partial charge in [-0.25, -0.2) is 8.42 Å². The van der Waals surface area contributed by atoms with E-state index < -0.39 is 10.0 Å². The summed E-state index contributed by atoms with van der Waals surface area (Å²) in [5, 5.41) is 2.55. The van der Waals surface area contributed by atoms with Crippen LogP contribution in [0.3, 0.4) is 0 Å². The number of rotatable bonds is 5. The monoisotopic (exact) mass is 285 g/mol. The van der Waals surface area contributed by atoms with E-state index in [1.807, 2.05) is 0 Å². The Hall–Kier alpha value is -1.60. The van der Waals surface area contributed by atoms with E-state index in [1.165, 1.54) is 19.2 Å². The van der Waals surface area contributed by atoms with E-state index in [9.17, 15) is 13.2 Å². The van der Waals surface area contributed by atoms with Gasteiger partial charge in [0, 0.05) is 19.3 Å². The van der Waals surface area contributed by atoms with Crippen molar-refractivity contribution in [2.24, 2.45) is 0 Å². The first-order valence-electron chi connectivity index (χ1n) is 5.87. The molecule has 1 aromatic rings. The SMILES string of the molecule is CCNC(=O)CN(C)S(=O)(=O)c1cc(C)cc(N)c1. The molecule has 0 bridgehead atoms. The van der Waals surface area contributed by atoms with Crippen LogP contribution in [-0.2, 0) is 14.8 Å². The van der Waals surface area contributed by atoms with Gasteiger partial charge in [0.2, 0.25) is 15.9 Å². The second-order valence-electron chi connectivity index (χ2n) is 4.29. The van der Waals surface area contributed by atoms with Crippen molar-refractivity contribution in [2.75, 3.05) is 25.9 Å². The average molecular weight is 285 g/mol. The number of amides is 1. The number of nitrogens with one attached hydrogen (secondary N) is 1. The highest BCUT2D eigenvalue weighted by molar-refractivity contribution is 7.89. The fraction of sp³-hybridized carbons (Fsp3) is 0.417. The molecule has 0 aliphatic heterocycles. The Labute approximate surface area is 113 Å². The molecule has 0 aliphatic carbocycles. The lowest BCUT2D eigenvalue weighted by Gasteiger charge is -2.17.